The first kappa shape index (κ1) is 16.7. The van der Waals surface area contributed by atoms with Gasteiger partial charge in [0.05, 0.1) is 0 Å². The Morgan fingerprint density at radius 3 is 2.22 bits per heavy atom. The summed E-state index contributed by atoms with van der Waals surface area (Å²) < 4.78 is 5.56. The summed E-state index contributed by atoms with van der Waals surface area (Å²) in [4.78, 5) is 12.0. The number of rotatable bonds is 2. The number of thiazole rings is 1. The van der Waals surface area contributed by atoms with Crippen LogP contribution in [0.3, 0.4) is 0 Å². The normalized spacial score (nSPS) is 8.89. The molecule has 18 heavy (non-hydrogen) atoms. The number of hydrogen-bond acceptors (Lipinski definition) is 6. The Labute approximate surface area is 146 Å². The SMILES string of the molecule is [Se]C([Se])=Nc1ccsn1.[Se]C([Se])=Nc1nccs1. The second-order valence-corrected chi connectivity index (χ2v) is 9.83. The van der Waals surface area contributed by atoms with Crippen LogP contribution >= 0.6 is 22.9 Å². The molecule has 92 valence electrons. The molecule has 0 spiro atoms. The van der Waals surface area contributed by atoms with E-state index in [2.05, 4.69) is 83.4 Å². The van der Waals surface area contributed by atoms with Gasteiger partial charge in [-0.15, -0.1) is 0 Å². The Bertz CT molecular complexity index is 453. The van der Waals surface area contributed by atoms with Crippen LogP contribution in [0.25, 0.3) is 0 Å². The van der Waals surface area contributed by atoms with Gasteiger partial charge >= 0.3 is 147 Å². The minimum atomic E-state index is 0.757. The van der Waals surface area contributed by atoms with Gasteiger partial charge in [-0.2, -0.15) is 0 Å². The van der Waals surface area contributed by atoms with E-state index in [9.17, 15) is 0 Å². The summed E-state index contributed by atoms with van der Waals surface area (Å²) >= 11 is 13.9. The molecular formula is C8H4N4S2Se4. The second kappa shape index (κ2) is 9.56. The fraction of sp³-hybridized carbons (Fsp3) is 0. The molecule has 2 aromatic heterocycles. The zero-order chi connectivity index (χ0) is 13.4. The van der Waals surface area contributed by atoms with E-state index in [-0.39, 0.29) is 0 Å². The molecule has 0 unspecified atom stereocenters. The molecule has 2 heterocycles. The van der Waals surface area contributed by atoms with Gasteiger partial charge in [0.1, 0.15) is 0 Å². The summed E-state index contributed by atoms with van der Waals surface area (Å²) in [5.74, 6) is 0.757. The van der Waals surface area contributed by atoms with Crippen LogP contribution in [-0.2, 0) is 0 Å². The van der Waals surface area contributed by atoms with E-state index in [4.69, 9.17) is 0 Å². The van der Waals surface area contributed by atoms with Gasteiger partial charge < -0.3 is 0 Å². The third-order valence-corrected chi connectivity index (χ3v) is 3.22. The van der Waals surface area contributed by atoms with Crippen LogP contribution in [0.5, 0.6) is 0 Å². The van der Waals surface area contributed by atoms with Crippen molar-refractivity contribution in [3.8, 4) is 0 Å². The number of nitrogens with zero attached hydrogens (tertiary/aromatic N) is 4. The topological polar surface area (TPSA) is 50.5 Å². The molecule has 2 aromatic rings. The second-order valence-electron chi connectivity index (χ2n) is 2.43. The predicted molar refractivity (Wildman–Crippen MR) is 81.4 cm³/mol. The molecule has 4 radical (unpaired) electrons. The van der Waals surface area contributed by atoms with Crippen LogP contribution in [0, 0.1) is 0 Å². The van der Waals surface area contributed by atoms with Crippen molar-refractivity contribution >= 4 is 105 Å². The molecule has 4 nitrogen and oxygen atoms in total. The Hall–Kier alpha value is 0.678. The molecule has 0 bridgehead atoms. The van der Waals surface area contributed by atoms with E-state index in [0.717, 1.165) is 18.0 Å². The van der Waals surface area contributed by atoms with Gasteiger partial charge in [-0.05, 0) is 0 Å². The first-order valence-electron chi connectivity index (χ1n) is 4.23. The van der Waals surface area contributed by atoms with Crippen LogP contribution in [0.15, 0.2) is 33.0 Å². The van der Waals surface area contributed by atoms with E-state index in [1.165, 1.54) is 22.9 Å². The van der Waals surface area contributed by atoms with Crippen molar-refractivity contribution in [1.29, 1.82) is 0 Å². The summed E-state index contributed by atoms with van der Waals surface area (Å²) in [6, 6.07) is 1.86. The maximum absolute atomic E-state index is 4.03. The third kappa shape index (κ3) is 7.97. The average Bonchev–Trinajstić information content (AvgIpc) is 2.90. The third-order valence-electron chi connectivity index (χ3n) is 1.24. The van der Waals surface area contributed by atoms with Crippen LogP contribution in [0.2, 0.25) is 0 Å². The molecule has 0 saturated carbocycles. The Morgan fingerprint density at radius 1 is 1.06 bits per heavy atom. The summed E-state index contributed by atoms with van der Waals surface area (Å²) in [6.07, 6.45) is 1.73. The number of aliphatic imine (C=N–C) groups is 2. The Morgan fingerprint density at radius 2 is 1.78 bits per heavy atom. The monoisotopic (exact) mass is 540 g/mol. The molecule has 2 rings (SSSR count). The van der Waals surface area contributed by atoms with Gasteiger partial charge in [-0.3, -0.25) is 0 Å². The van der Waals surface area contributed by atoms with Crippen molar-refractivity contribution in [1.82, 2.24) is 9.36 Å². The van der Waals surface area contributed by atoms with Crippen LogP contribution in [0.1, 0.15) is 0 Å². The molecule has 0 atom stereocenters. The summed E-state index contributed by atoms with van der Waals surface area (Å²) in [6.45, 7) is 0. The molecule has 0 saturated heterocycles. The van der Waals surface area contributed by atoms with Gasteiger partial charge in [0.2, 0.25) is 0 Å². The van der Waals surface area contributed by atoms with Crippen molar-refractivity contribution in [2.24, 2.45) is 9.98 Å². The van der Waals surface area contributed by atoms with Crippen molar-refractivity contribution in [3.63, 3.8) is 0 Å². The van der Waals surface area contributed by atoms with Crippen molar-refractivity contribution in [3.05, 3.63) is 23.0 Å². The average molecular weight is 536 g/mol. The fourth-order valence-corrected chi connectivity index (χ4v) is 2.68. The fourth-order valence-electron chi connectivity index (χ4n) is 0.707. The van der Waals surface area contributed by atoms with Gasteiger partial charge in [0, 0.05) is 0 Å². The number of aromatic nitrogens is 2. The standard InChI is InChI=1S/2C4H2N2SSe2/c8-4(9)6-3-5-1-2-7-3;8-4(9)5-3-1-2-7-6-3/h2*1-2H. The van der Waals surface area contributed by atoms with Crippen molar-refractivity contribution in [2.45, 2.75) is 0 Å². The Balaban J connectivity index is 0.000000180. The van der Waals surface area contributed by atoms with E-state index >= 15 is 0 Å². The first-order chi connectivity index (χ1) is 8.58. The van der Waals surface area contributed by atoms with E-state index in [0.29, 0.717) is 0 Å². The molecule has 0 aliphatic carbocycles. The maximum atomic E-state index is 4.03. The van der Waals surface area contributed by atoms with E-state index in [1.54, 1.807) is 6.20 Å². The zero-order valence-corrected chi connectivity index (χ0v) is 17.0. The summed E-state index contributed by atoms with van der Waals surface area (Å²) in [5, 5.41) is 4.56. The van der Waals surface area contributed by atoms with Gasteiger partial charge in [0.15, 0.2) is 0 Å². The predicted octanol–water partition coefficient (Wildman–Crippen LogP) is 0.935. The molecule has 0 N–H and O–H groups in total. The summed E-state index contributed by atoms with van der Waals surface area (Å²) in [7, 11) is 0. The first-order valence-corrected chi connectivity index (χ1v) is 9.37. The molecule has 0 aliphatic heterocycles. The molecule has 0 amide bonds. The minimum absolute atomic E-state index is 0.757. The van der Waals surface area contributed by atoms with Crippen LogP contribution in [-0.4, -0.2) is 80.4 Å². The van der Waals surface area contributed by atoms with Crippen LogP contribution < -0.4 is 0 Å². The molecule has 0 aromatic carbocycles. The Kier molecular flexibility index (Phi) is 8.89. The quantitative estimate of drug-likeness (QED) is 0.424. The molecule has 0 aliphatic rings. The van der Waals surface area contributed by atoms with Gasteiger partial charge in [-0.1, -0.05) is 0 Å². The van der Waals surface area contributed by atoms with E-state index < -0.39 is 0 Å². The summed E-state index contributed by atoms with van der Waals surface area (Å²) in [5.41, 5.74) is 0. The molecular weight excluding hydrogens is 532 g/mol. The molecule has 10 heteroatoms. The van der Waals surface area contributed by atoms with Crippen molar-refractivity contribution < 1.29 is 0 Å². The number of hydrogen-bond donors (Lipinski definition) is 0. The van der Waals surface area contributed by atoms with Crippen LogP contribution in [0.4, 0.5) is 10.9 Å². The van der Waals surface area contributed by atoms with Crippen molar-refractivity contribution in [2.75, 3.05) is 0 Å². The van der Waals surface area contributed by atoms with Gasteiger partial charge in [0.25, 0.3) is 0 Å². The molecule has 0 fully saturated rings. The van der Waals surface area contributed by atoms with E-state index in [1.807, 2.05) is 16.8 Å². The van der Waals surface area contributed by atoms with Gasteiger partial charge in [-0.25, -0.2) is 0 Å². The zero-order valence-electron chi connectivity index (χ0n) is 8.55.